The number of anilines is 1. The van der Waals surface area contributed by atoms with Crippen molar-refractivity contribution >= 4 is 15.8 Å². The van der Waals surface area contributed by atoms with E-state index in [2.05, 4.69) is 11.9 Å². The van der Waals surface area contributed by atoms with Gasteiger partial charge in [0.2, 0.25) is 0 Å². The van der Waals surface area contributed by atoms with Gasteiger partial charge in [0.05, 0.1) is 11.0 Å². The molecule has 0 fully saturated rings. The molecule has 2 N–H and O–H groups in total. The molecule has 0 aliphatic rings. The molecule has 0 saturated heterocycles. The predicted molar refractivity (Wildman–Crippen MR) is 59.1 cm³/mol. The van der Waals surface area contributed by atoms with Crippen LogP contribution in [0.1, 0.15) is 0 Å². The van der Waals surface area contributed by atoms with Crippen molar-refractivity contribution < 1.29 is 47.6 Å². The van der Waals surface area contributed by atoms with E-state index in [1.165, 1.54) is 30.3 Å². The van der Waals surface area contributed by atoms with Crippen LogP contribution in [0, 0.1) is 0 Å². The fourth-order valence-corrected chi connectivity index (χ4v) is 1.51. The van der Waals surface area contributed by atoms with Gasteiger partial charge in [0.1, 0.15) is 10.1 Å². The first-order valence-electron chi connectivity index (χ1n) is 4.54. The molecule has 0 amide bonds. The third kappa shape index (κ3) is 5.67. The van der Waals surface area contributed by atoms with E-state index < -0.39 is 16.2 Å². The summed E-state index contributed by atoms with van der Waals surface area (Å²) in [6.07, 6.45) is 0.701. The van der Waals surface area contributed by atoms with Gasteiger partial charge < -0.3 is 15.0 Å². The van der Waals surface area contributed by atoms with Crippen LogP contribution in [-0.4, -0.2) is 30.7 Å². The Morgan fingerprint density at radius 2 is 1.94 bits per heavy atom. The van der Waals surface area contributed by atoms with Gasteiger partial charge in [-0.3, -0.25) is 0 Å². The molecule has 0 bridgehead atoms. The summed E-state index contributed by atoms with van der Waals surface area (Å²) in [4.78, 5) is -0.276. The van der Waals surface area contributed by atoms with Crippen LogP contribution in [0.4, 0.5) is 5.69 Å². The third-order valence-electron chi connectivity index (χ3n) is 1.93. The Balaban J connectivity index is 0.00000256. The number of aliphatic hydroxyl groups excluding tert-OH is 1. The van der Waals surface area contributed by atoms with Gasteiger partial charge in [-0.25, -0.2) is 8.42 Å². The van der Waals surface area contributed by atoms with E-state index in [-0.39, 0.29) is 41.0 Å². The minimum absolute atomic E-state index is 0. The van der Waals surface area contributed by atoms with Crippen molar-refractivity contribution in [3.63, 3.8) is 0 Å². The number of hydrogen-bond donors (Lipinski definition) is 2. The first kappa shape index (κ1) is 16.6. The number of rotatable bonds is 5. The molecule has 1 unspecified atom stereocenters. The first-order chi connectivity index (χ1) is 7.43. The van der Waals surface area contributed by atoms with Crippen LogP contribution < -0.4 is 34.9 Å². The average molecular weight is 265 g/mol. The Kier molecular flexibility index (Phi) is 6.99. The summed E-state index contributed by atoms with van der Waals surface area (Å²) in [5.74, 6) is 0. The molecule has 7 heteroatoms. The van der Waals surface area contributed by atoms with Crippen LogP contribution in [0.3, 0.4) is 0 Å². The van der Waals surface area contributed by atoms with Gasteiger partial charge in [0.15, 0.2) is 0 Å². The molecule has 17 heavy (non-hydrogen) atoms. The molecule has 0 saturated carbocycles. The van der Waals surface area contributed by atoms with Gasteiger partial charge in [0.25, 0.3) is 0 Å². The zero-order valence-electron chi connectivity index (χ0n) is 9.46. The molecule has 0 aromatic heterocycles. The standard InChI is InChI=1S/C10H13NO4S.Na/c1-2-9(12)7-11-8-3-5-10(6-4-8)16(13,14)15;/h2-6,9,11-12H,1,7H2,(H,13,14,15);/q;+1/p-1. The van der Waals surface area contributed by atoms with E-state index in [4.69, 9.17) is 0 Å². The number of nitrogens with one attached hydrogen (secondary N) is 1. The maximum Gasteiger partial charge on any atom is 1.00 e. The second-order valence-corrected chi connectivity index (χ2v) is 4.54. The van der Waals surface area contributed by atoms with Gasteiger partial charge in [-0.1, -0.05) is 6.08 Å². The van der Waals surface area contributed by atoms with Crippen molar-refractivity contribution in [1.29, 1.82) is 0 Å². The molecule has 0 radical (unpaired) electrons. The smallest absolute Gasteiger partial charge is 0.744 e. The van der Waals surface area contributed by atoms with Crippen molar-refractivity contribution in [3.8, 4) is 0 Å². The van der Waals surface area contributed by atoms with Gasteiger partial charge in [-0.05, 0) is 24.3 Å². The van der Waals surface area contributed by atoms with E-state index in [0.29, 0.717) is 5.69 Å². The Morgan fingerprint density at radius 1 is 1.41 bits per heavy atom. The summed E-state index contributed by atoms with van der Waals surface area (Å²) in [7, 11) is -4.40. The van der Waals surface area contributed by atoms with Crippen molar-refractivity contribution in [2.24, 2.45) is 0 Å². The van der Waals surface area contributed by atoms with Gasteiger partial charge in [-0.15, -0.1) is 6.58 Å². The van der Waals surface area contributed by atoms with Crippen LogP contribution in [0.5, 0.6) is 0 Å². The topological polar surface area (TPSA) is 89.5 Å². The number of benzene rings is 1. The van der Waals surface area contributed by atoms with Crippen LogP contribution in [0.15, 0.2) is 41.8 Å². The van der Waals surface area contributed by atoms with Gasteiger partial charge in [0, 0.05) is 12.2 Å². The summed E-state index contributed by atoms with van der Waals surface area (Å²) >= 11 is 0. The molecule has 1 atom stereocenters. The van der Waals surface area contributed by atoms with E-state index in [9.17, 15) is 18.1 Å². The summed E-state index contributed by atoms with van der Waals surface area (Å²) in [6, 6.07) is 5.34. The fraction of sp³-hybridized carbons (Fsp3) is 0.200. The normalized spacial score (nSPS) is 12.4. The van der Waals surface area contributed by atoms with E-state index >= 15 is 0 Å². The molecule has 0 heterocycles. The number of hydrogen-bond acceptors (Lipinski definition) is 5. The molecule has 0 aliphatic heterocycles. The Labute approximate surface area is 123 Å². The fourth-order valence-electron chi connectivity index (χ4n) is 1.05. The molecule has 88 valence electrons. The Bertz CT molecular complexity index is 458. The summed E-state index contributed by atoms with van der Waals surface area (Å²) in [5.41, 5.74) is 0.619. The Hall–Kier alpha value is -0.370. The quantitative estimate of drug-likeness (QED) is 0.350. The van der Waals surface area contributed by atoms with E-state index in [1.54, 1.807) is 0 Å². The maximum atomic E-state index is 10.6. The zero-order chi connectivity index (χ0) is 12.2. The largest absolute Gasteiger partial charge is 1.00 e. The van der Waals surface area contributed by atoms with Crippen LogP contribution in [-0.2, 0) is 10.1 Å². The first-order valence-corrected chi connectivity index (χ1v) is 5.95. The molecular formula is C10H12NNaO4S. The summed E-state index contributed by atoms with van der Waals surface area (Å²) in [5, 5.41) is 12.0. The van der Waals surface area contributed by atoms with Crippen LogP contribution in [0.2, 0.25) is 0 Å². The summed E-state index contributed by atoms with van der Waals surface area (Å²) in [6.45, 7) is 3.68. The molecule has 0 aliphatic carbocycles. The average Bonchev–Trinajstić information content (AvgIpc) is 2.25. The van der Waals surface area contributed by atoms with E-state index in [1.807, 2.05) is 0 Å². The van der Waals surface area contributed by atoms with Crippen molar-refractivity contribution in [1.82, 2.24) is 0 Å². The minimum atomic E-state index is -4.40. The Morgan fingerprint density at radius 3 is 2.35 bits per heavy atom. The summed E-state index contributed by atoms with van der Waals surface area (Å²) < 4.78 is 31.9. The second kappa shape index (κ2) is 7.15. The monoisotopic (exact) mass is 265 g/mol. The molecule has 5 nitrogen and oxygen atoms in total. The SMILES string of the molecule is C=CC(O)CNc1ccc(S(=O)(=O)[O-])cc1.[Na+]. The molecule has 1 aromatic carbocycles. The third-order valence-corrected chi connectivity index (χ3v) is 2.78. The van der Waals surface area contributed by atoms with Gasteiger partial charge >= 0.3 is 29.6 Å². The van der Waals surface area contributed by atoms with Crippen molar-refractivity contribution in [2.75, 3.05) is 11.9 Å². The number of aliphatic hydroxyl groups is 1. The minimum Gasteiger partial charge on any atom is -0.744 e. The van der Waals surface area contributed by atoms with Gasteiger partial charge in [-0.2, -0.15) is 0 Å². The van der Waals surface area contributed by atoms with Crippen LogP contribution >= 0.6 is 0 Å². The zero-order valence-corrected chi connectivity index (χ0v) is 12.3. The second-order valence-electron chi connectivity index (χ2n) is 3.16. The molecular weight excluding hydrogens is 253 g/mol. The van der Waals surface area contributed by atoms with Crippen molar-refractivity contribution in [3.05, 3.63) is 36.9 Å². The van der Waals surface area contributed by atoms with Crippen LogP contribution in [0.25, 0.3) is 0 Å². The molecule has 1 rings (SSSR count). The molecule has 0 spiro atoms. The predicted octanol–water partition coefficient (Wildman–Crippen LogP) is -2.45. The maximum absolute atomic E-state index is 10.6. The van der Waals surface area contributed by atoms with Crippen molar-refractivity contribution in [2.45, 2.75) is 11.0 Å². The molecule has 1 aromatic rings. The van der Waals surface area contributed by atoms with E-state index in [0.717, 1.165) is 0 Å².